The Morgan fingerprint density at radius 2 is 1.96 bits per heavy atom. The lowest BCUT2D eigenvalue weighted by molar-refractivity contribution is 0.0868. The Hall–Kier alpha value is -1.27. The summed E-state index contributed by atoms with van der Waals surface area (Å²) in [4.78, 5) is 17.9. The first kappa shape index (κ1) is 18.5. The Labute approximate surface area is 155 Å². The first-order valence-electron chi connectivity index (χ1n) is 9.50. The number of carbonyl (C=O) groups excluding carboxylic acids is 1. The van der Waals surface area contributed by atoms with Gasteiger partial charge in [-0.2, -0.15) is 0 Å². The van der Waals surface area contributed by atoms with Gasteiger partial charge in [-0.15, -0.1) is 11.3 Å². The van der Waals surface area contributed by atoms with Crippen molar-refractivity contribution >= 4 is 17.4 Å². The van der Waals surface area contributed by atoms with Gasteiger partial charge in [0.2, 0.25) is 0 Å². The lowest BCUT2D eigenvalue weighted by Gasteiger charge is -2.34. The average molecular weight is 366 g/mol. The largest absolute Gasteiger partial charge is 0.481 e. The zero-order chi connectivity index (χ0) is 18.0. The molecule has 0 spiro atoms. The predicted molar refractivity (Wildman–Crippen MR) is 102 cm³/mol. The zero-order valence-electron chi connectivity index (χ0n) is 15.9. The second-order valence-electron chi connectivity index (χ2n) is 7.74. The minimum atomic E-state index is 0.0394. The van der Waals surface area contributed by atoms with Gasteiger partial charge < -0.3 is 19.9 Å². The number of nitrogens with zero attached hydrogens (tertiary/aromatic N) is 2. The van der Waals surface area contributed by atoms with E-state index in [1.807, 2.05) is 18.7 Å². The molecular weight excluding hydrogens is 334 g/mol. The Morgan fingerprint density at radius 3 is 2.60 bits per heavy atom. The Kier molecular flexibility index (Phi) is 5.89. The van der Waals surface area contributed by atoms with Gasteiger partial charge in [0.15, 0.2) is 5.06 Å². The molecule has 1 aromatic heterocycles. The van der Waals surface area contributed by atoms with E-state index in [2.05, 4.69) is 30.1 Å². The normalized spacial score (nSPS) is 19.4. The van der Waals surface area contributed by atoms with Gasteiger partial charge >= 0.3 is 6.03 Å². The Balaban J connectivity index is 1.55. The third kappa shape index (κ3) is 4.67. The molecule has 2 amide bonds. The fourth-order valence-electron chi connectivity index (χ4n) is 3.54. The van der Waals surface area contributed by atoms with Crippen molar-refractivity contribution in [3.05, 3.63) is 16.5 Å². The van der Waals surface area contributed by atoms with Crippen molar-refractivity contribution in [2.24, 2.45) is 0 Å². The smallest absolute Gasteiger partial charge is 0.317 e. The van der Waals surface area contributed by atoms with Gasteiger partial charge in [-0.3, -0.25) is 0 Å². The standard InChI is InChI=1S/C19H31N3O2S/c1-13(2)20-19(23)22-8-5-15-11-18(25-17(15)12-22)24-16-6-9-21(10-7-16)14(3)4/h11,13-14,16H,5-10,12H2,1-4H3,(H,20,23). The van der Waals surface area contributed by atoms with Crippen LogP contribution in [0.2, 0.25) is 0 Å². The quantitative estimate of drug-likeness (QED) is 0.888. The summed E-state index contributed by atoms with van der Waals surface area (Å²) in [7, 11) is 0. The topological polar surface area (TPSA) is 44.8 Å². The van der Waals surface area contributed by atoms with Gasteiger partial charge in [-0.05, 0) is 58.6 Å². The van der Waals surface area contributed by atoms with Gasteiger partial charge in [-0.25, -0.2) is 4.79 Å². The van der Waals surface area contributed by atoms with Gasteiger partial charge in [0.1, 0.15) is 6.10 Å². The lowest BCUT2D eigenvalue weighted by atomic mass is 10.1. The van der Waals surface area contributed by atoms with E-state index in [0.717, 1.165) is 44.0 Å². The first-order valence-corrected chi connectivity index (χ1v) is 10.3. The fraction of sp³-hybridized carbons (Fsp3) is 0.737. The molecule has 140 valence electrons. The number of thiophene rings is 1. The molecule has 0 aliphatic carbocycles. The van der Waals surface area contributed by atoms with E-state index in [0.29, 0.717) is 18.7 Å². The maximum Gasteiger partial charge on any atom is 0.317 e. The van der Waals surface area contributed by atoms with E-state index in [9.17, 15) is 4.79 Å². The van der Waals surface area contributed by atoms with Crippen LogP contribution < -0.4 is 10.1 Å². The van der Waals surface area contributed by atoms with Crippen LogP contribution in [0.4, 0.5) is 4.79 Å². The molecule has 6 heteroatoms. The molecule has 3 heterocycles. The van der Waals surface area contributed by atoms with Crippen LogP contribution in [0, 0.1) is 0 Å². The van der Waals surface area contributed by atoms with Crippen LogP contribution in [0.15, 0.2) is 6.07 Å². The number of carbonyl (C=O) groups is 1. The van der Waals surface area contributed by atoms with Crippen LogP contribution in [-0.4, -0.2) is 53.7 Å². The van der Waals surface area contributed by atoms with Crippen molar-refractivity contribution in [1.82, 2.24) is 15.1 Å². The zero-order valence-corrected chi connectivity index (χ0v) is 16.7. The number of hydrogen-bond acceptors (Lipinski definition) is 4. The number of rotatable bonds is 4. The first-order chi connectivity index (χ1) is 11.9. The highest BCUT2D eigenvalue weighted by Crippen LogP contribution is 2.35. The molecule has 0 saturated carbocycles. The van der Waals surface area contributed by atoms with Crippen LogP contribution in [0.3, 0.4) is 0 Å². The Bertz CT molecular complexity index is 591. The molecule has 1 fully saturated rings. The van der Waals surface area contributed by atoms with Crippen LogP contribution in [-0.2, 0) is 13.0 Å². The van der Waals surface area contributed by atoms with Crippen molar-refractivity contribution in [3.63, 3.8) is 0 Å². The van der Waals surface area contributed by atoms with Crippen molar-refractivity contribution in [2.45, 2.75) is 71.7 Å². The number of ether oxygens (including phenoxy) is 1. The summed E-state index contributed by atoms with van der Waals surface area (Å²) in [6.45, 7) is 12.2. The number of piperidine rings is 1. The van der Waals surface area contributed by atoms with Crippen molar-refractivity contribution < 1.29 is 9.53 Å². The van der Waals surface area contributed by atoms with Gasteiger partial charge in [-0.1, -0.05) is 0 Å². The second kappa shape index (κ2) is 7.96. The molecule has 0 atom stereocenters. The fourth-order valence-corrected chi connectivity index (χ4v) is 4.68. The van der Waals surface area contributed by atoms with Crippen molar-refractivity contribution in [1.29, 1.82) is 0 Å². The number of hydrogen-bond donors (Lipinski definition) is 1. The molecule has 5 nitrogen and oxygen atoms in total. The second-order valence-corrected chi connectivity index (χ2v) is 8.84. The molecule has 1 saturated heterocycles. The van der Waals surface area contributed by atoms with Crippen LogP contribution in [0.5, 0.6) is 5.06 Å². The molecule has 0 bridgehead atoms. The summed E-state index contributed by atoms with van der Waals surface area (Å²) in [6.07, 6.45) is 3.45. The maximum absolute atomic E-state index is 12.2. The molecule has 1 aromatic rings. The van der Waals surface area contributed by atoms with E-state index in [1.54, 1.807) is 11.3 Å². The minimum Gasteiger partial charge on any atom is -0.481 e. The summed E-state index contributed by atoms with van der Waals surface area (Å²) in [6, 6.07) is 3.04. The third-order valence-electron chi connectivity index (χ3n) is 5.05. The van der Waals surface area contributed by atoms with Gasteiger partial charge in [0.05, 0.1) is 6.54 Å². The number of amides is 2. The van der Waals surface area contributed by atoms with E-state index >= 15 is 0 Å². The van der Waals surface area contributed by atoms with Crippen molar-refractivity contribution in [2.75, 3.05) is 19.6 Å². The summed E-state index contributed by atoms with van der Waals surface area (Å²) in [5.74, 6) is 0. The number of nitrogens with one attached hydrogen (secondary N) is 1. The summed E-state index contributed by atoms with van der Waals surface area (Å²) in [5, 5.41) is 4.01. The molecule has 0 unspecified atom stereocenters. The van der Waals surface area contributed by atoms with Crippen LogP contribution >= 0.6 is 11.3 Å². The number of likely N-dealkylation sites (tertiary alicyclic amines) is 1. The highest BCUT2D eigenvalue weighted by atomic mass is 32.1. The van der Waals surface area contributed by atoms with Crippen LogP contribution in [0.25, 0.3) is 0 Å². The predicted octanol–water partition coefficient (Wildman–Crippen LogP) is 3.48. The summed E-state index contributed by atoms with van der Waals surface area (Å²) >= 11 is 1.72. The highest BCUT2D eigenvalue weighted by molar-refractivity contribution is 7.14. The van der Waals surface area contributed by atoms with E-state index < -0.39 is 0 Å². The summed E-state index contributed by atoms with van der Waals surface area (Å²) < 4.78 is 6.27. The molecule has 0 aromatic carbocycles. The molecule has 2 aliphatic rings. The van der Waals surface area contributed by atoms with Gasteiger partial charge in [0.25, 0.3) is 0 Å². The van der Waals surface area contributed by atoms with E-state index in [-0.39, 0.29) is 12.1 Å². The Morgan fingerprint density at radius 1 is 1.24 bits per heavy atom. The molecule has 25 heavy (non-hydrogen) atoms. The van der Waals surface area contributed by atoms with Crippen LogP contribution in [0.1, 0.15) is 51.0 Å². The molecule has 3 rings (SSSR count). The van der Waals surface area contributed by atoms with Gasteiger partial charge in [0, 0.05) is 36.6 Å². The molecule has 2 aliphatic heterocycles. The minimum absolute atomic E-state index is 0.0394. The monoisotopic (exact) mass is 365 g/mol. The summed E-state index contributed by atoms with van der Waals surface area (Å²) in [5.41, 5.74) is 1.35. The average Bonchev–Trinajstić information content (AvgIpc) is 2.95. The number of fused-ring (bicyclic) bond motifs is 1. The third-order valence-corrected chi connectivity index (χ3v) is 6.10. The van der Waals surface area contributed by atoms with E-state index in [4.69, 9.17) is 4.74 Å². The number of urea groups is 1. The highest BCUT2D eigenvalue weighted by Gasteiger charge is 2.26. The SMILES string of the molecule is CC(C)NC(=O)N1CCc2cc(OC3CCN(C(C)C)CC3)sc2C1. The molecule has 1 N–H and O–H groups in total. The van der Waals surface area contributed by atoms with Crippen molar-refractivity contribution in [3.8, 4) is 5.06 Å². The molecule has 0 radical (unpaired) electrons. The lowest BCUT2D eigenvalue weighted by Crippen LogP contribution is -2.44. The molecular formula is C19H31N3O2S. The van der Waals surface area contributed by atoms with E-state index in [1.165, 1.54) is 10.4 Å². The maximum atomic E-state index is 12.2.